The zero-order valence-corrected chi connectivity index (χ0v) is 25.9. The van der Waals surface area contributed by atoms with E-state index in [-0.39, 0.29) is 38.5 Å². The van der Waals surface area contributed by atoms with Gasteiger partial charge in [-0.05, 0) is 60.4 Å². The van der Waals surface area contributed by atoms with Crippen molar-refractivity contribution in [1.82, 2.24) is 4.90 Å². The predicted octanol–water partition coefficient (Wildman–Crippen LogP) is 7.88. The Bertz CT molecular complexity index is 1740. The quantitative estimate of drug-likeness (QED) is 0.198. The van der Waals surface area contributed by atoms with Gasteiger partial charge in [0.25, 0.3) is 5.91 Å². The second-order valence-corrected chi connectivity index (χ2v) is 13.9. The summed E-state index contributed by atoms with van der Waals surface area (Å²) in [6.07, 6.45) is 5.81. The van der Waals surface area contributed by atoms with Crippen molar-refractivity contribution in [3.63, 3.8) is 0 Å². The molecule has 1 aliphatic rings. The molecule has 11 heteroatoms. The number of benzene rings is 3. The average molecular weight is 633 g/mol. The lowest BCUT2D eigenvalue weighted by molar-refractivity contribution is 0.0618. The van der Waals surface area contributed by atoms with Crippen LogP contribution in [0.3, 0.4) is 0 Å². The Morgan fingerprint density at radius 3 is 2.26 bits per heavy atom. The van der Waals surface area contributed by atoms with Crippen molar-refractivity contribution in [2.24, 2.45) is 0 Å². The second-order valence-electron chi connectivity index (χ2n) is 10.5. The third-order valence-electron chi connectivity index (χ3n) is 7.84. The van der Waals surface area contributed by atoms with Gasteiger partial charge in [-0.1, -0.05) is 49.1 Å². The van der Waals surface area contributed by atoms with E-state index < -0.39 is 21.7 Å². The fourth-order valence-corrected chi connectivity index (χ4v) is 7.46. The number of rotatable bonds is 8. The molecule has 0 aliphatic heterocycles. The number of hydrogen-bond acceptors (Lipinski definition) is 5. The van der Waals surface area contributed by atoms with Gasteiger partial charge >= 0.3 is 0 Å². The minimum absolute atomic E-state index is 0.0245. The van der Waals surface area contributed by atoms with Crippen molar-refractivity contribution in [3.8, 4) is 16.9 Å². The Balaban J connectivity index is 1.52. The summed E-state index contributed by atoms with van der Waals surface area (Å²) in [6.45, 7) is 0.213. The molecule has 222 valence electrons. The molecule has 1 saturated carbocycles. The van der Waals surface area contributed by atoms with Crippen LogP contribution < -0.4 is 9.04 Å². The van der Waals surface area contributed by atoms with Crippen LogP contribution in [-0.2, 0) is 16.6 Å². The second kappa shape index (κ2) is 12.2. The van der Waals surface area contributed by atoms with Crippen molar-refractivity contribution in [1.29, 1.82) is 0 Å². The first-order valence-corrected chi connectivity index (χ1v) is 16.6. The highest BCUT2D eigenvalue weighted by Crippen LogP contribution is 2.40. The van der Waals surface area contributed by atoms with Gasteiger partial charge in [-0.25, -0.2) is 17.2 Å². The van der Waals surface area contributed by atoms with Crippen LogP contribution in [0.4, 0.5) is 14.5 Å². The molecule has 1 heterocycles. The first-order chi connectivity index (χ1) is 20.0. The molecule has 6 nitrogen and oxygen atoms in total. The summed E-state index contributed by atoms with van der Waals surface area (Å²) in [7, 11) is -0.329. The van der Waals surface area contributed by atoms with E-state index in [4.69, 9.17) is 16.3 Å². The number of sulfonamides is 1. The summed E-state index contributed by atoms with van der Waals surface area (Å²) in [5.41, 5.74) is 3.02. The molecule has 0 saturated heterocycles. The van der Waals surface area contributed by atoms with Gasteiger partial charge in [0.2, 0.25) is 10.0 Å². The molecule has 0 N–H and O–H groups in total. The summed E-state index contributed by atoms with van der Waals surface area (Å²) < 4.78 is 60.0. The van der Waals surface area contributed by atoms with Crippen molar-refractivity contribution >= 4 is 54.6 Å². The van der Waals surface area contributed by atoms with E-state index in [1.54, 1.807) is 24.1 Å². The zero-order chi connectivity index (χ0) is 30.2. The smallest absolute Gasteiger partial charge is 0.266 e. The molecule has 5 rings (SSSR count). The van der Waals surface area contributed by atoms with Crippen LogP contribution >= 0.6 is 22.9 Å². The van der Waals surface area contributed by atoms with Gasteiger partial charge in [-0.2, -0.15) is 0 Å². The molecular formula is C31H31ClF2N2O4S2. The van der Waals surface area contributed by atoms with Gasteiger partial charge in [0.05, 0.1) is 34.2 Å². The summed E-state index contributed by atoms with van der Waals surface area (Å²) >= 11 is 7.41. The van der Waals surface area contributed by atoms with Gasteiger partial charge in [-0.3, -0.25) is 9.10 Å². The highest BCUT2D eigenvalue weighted by atomic mass is 35.5. The van der Waals surface area contributed by atoms with E-state index in [9.17, 15) is 22.0 Å². The molecule has 1 aliphatic carbocycles. The number of ether oxygens (including phenoxy) is 1. The van der Waals surface area contributed by atoms with Crippen molar-refractivity contribution in [2.75, 3.05) is 24.7 Å². The Morgan fingerprint density at radius 1 is 1.00 bits per heavy atom. The maximum absolute atomic E-state index is 14.6. The number of fused-ring (bicyclic) bond motifs is 1. The van der Waals surface area contributed by atoms with Crippen LogP contribution in [0.2, 0.25) is 5.02 Å². The van der Waals surface area contributed by atoms with E-state index >= 15 is 0 Å². The average Bonchev–Trinajstić information content (AvgIpc) is 3.35. The monoisotopic (exact) mass is 632 g/mol. The van der Waals surface area contributed by atoms with Crippen LogP contribution in [0, 0.1) is 11.6 Å². The summed E-state index contributed by atoms with van der Waals surface area (Å²) in [4.78, 5) is 16.0. The van der Waals surface area contributed by atoms with Gasteiger partial charge in [-0.15, -0.1) is 11.3 Å². The molecule has 42 heavy (non-hydrogen) atoms. The van der Waals surface area contributed by atoms with Crippen LogP contribution in [0.5, 0.6) is 5.75 Å². The van der Waals surface area contributed by atoms with Crippen molar-refractivity contribution in [2.45, 2.75) is 44.7 Å². The Hall–Kier alpha value is -3.21. The molecule has 0 atom stereocenters. The van der Waals surface area contributed by atoms with Crippen LogP contribution in [0.1, 0.15) is 47.3 Å². The number of methoxy groups -OCH3 is 1. The molecule has 0 unspecified atom stereocenters. The predicted molar refractivity (Wildman–Crippen MR) is 165 cm³/mol. The zero-order valence-electron chi connectivity index (χ0n) is 23.5. The van der Waals surface area contributed by atoms with Crippen LogP contribution in [-0.4, -0.2) is 45.7 Å². The molecule has 0 bridgehead atoms. The molecule has 0 radical (unpaired) electrons. The third kappa shape index (κ3) is 5.98. The minimum Gasteiger partial charge on any atom is -0.496 e. The number of nitrogens with zero attached hydrogens (tertiary/aromatic N) is 2. The summed E-state index contributed by atoms with van der Waals surface area (Å²) in [6, 6.07) is 14.8. The maximum atomic E-state index is 14.6. The fourth-order valence-electron chi connectivity index (χ4n) is 5.45. The van der Waals surface area contributed by atoms with E-state index in [1.165, 1.54) is 11.4 Å². The van der Waals surface area contributed by atoms with Crippen molar-refractivity contribution in [3.05, 3.63) is 81.7 Å². The summed E-state index contributed by atoms with van der Waals surface area (Å²) in [5.74, 6) is -1.06. The standard InChI is InChI=1S/C31H31ClF2N2O4S2/c1-35(42(3,38)39)22-12-9-19(10-13-22)20-11-16-26(40-2)21(17-20)18-36(23-7-5-4-6-8-23)31(37)30-28(32)27-24(33)14-15-25(34)29(27)41-30/h9-17,23H,4-8,18H2,1-3H3. The highest BCUT2D eigenvalue weighted by Gasteiger charge is 2.31. The molecule has 1 amide bonds. The molecule has 1 fully saturated rings. The largest absolute Gasteiger partial charge is 0.496 e. The highest BCUT2D eigenvalue weighted by molar-refractivity contribution is 7.92. The normalized spacial score (nSPS) is 14.2. The minimum atomic E-state index is -3.39. The van der Waals surface area contributed by atoms with E-state index in [0.29, 0.717) is 11.4 Å². The van der Waals surface area contributed by atoms with E-state index in [2.05, 4.69) is 0 Å². The Morgan fingerprint density at radius 2 is 1.64 bits per heavy atom. The molecule has 0 spiro atoms. The number of hydrogen-bond donors (Lipinski definition) is 0. The van der Waals surface area contributed by atoms with Gasteiger partial charge < -0.3 is 9.64 Å². The first-order valence-electron chi connectivity index (χ1n) is 13.6. The number of halogens is 3. The maximum Gasteiger partial charge on any atom is 0.266 e. The number of amides is 1. The van der Waals surface area contributed by atoms with Crippen LogP contribution in [0.15, 0.2) is 54.6 Å². The topological polar surface area (TPSA) is 66.9 Å². The van der Waals surface area contributed by atoms with E-state index in [1.807, 2.05) is 30.3 Å². The number of carbonyl (C=O) groups excluding carboxylic acids is 1. The van der Waals surface area contributed by atoms with Crippen molar-refractivity contribution < 1.29 is 26.7 Å². The number of carbonyl (C=O) groups is 1. The number of anilines is 1. The fraction of sp³-hybridized carbons (Fsp3) is 0.323. The third-order valence-corrected chi connectivity index (χ3v) is 10.7. The summed E-state index contributed by atoms with van der Waals surface area (Å²) in [5, 5.41) is -0.143. The van der Waals surface area contributed by atoms with E-state index in [0.717, 1.165) is 78.5 Å². The lowest BCUT2D eigenvalue weighted by Crippen LogP contribution is -2.40. The van der Waals surface area contributed by atoms with Gasteiger partial charge in [0.15, 0.2) is 0 Å². The molecule has 3 aromatic carbocycles. The first kappa shape index (κ1) is 30.3. The lowest BCUT2D eigenvalue weighted by Gasteiger charge is -2.34. The van der Waals surface area contributed by atoms with Crippen LogP contribution in [0.25, 0.3) is 21.2 Å². The Kier molecular flexibility index (Phi) is 8.78. The molecule has 4 aromatic rings. The lowest BCUT2D eigenvalue weighted by atomic mass is 9.93. The number of thiophene rings is 1. The molecular weight excluding hydrogens is 602 g/mol. The Labute approximate surface area is 253 Å². The van der Waals surface area contributed by atoms with Gasteiger partial charge in [0, 0.05) is 25.2 Å². The van der Waals surface area contributed by atoms with Gasteiger partial charge in [0.1, 0.15) is 22.3 Å². The molecule has 1 aromatic heterocycles. The SMILES string of the molecule is COc1ccc(-c2ccc(N(C)S(C)(=O)=O)cc2)cc1CN(C(=O)c1sc2c(F)ccc(F)c2c1Cl)C1CCCCC1.